The number of nitrogens with zero attached hydrogens (tertiary/aromatic N) is 3. The van der Waals surface area contributed by atoms with E-state index in [-0.39, 0.29) is 29.9 Å². The number of likely N-dealkylation sites (N-methyl/N-ethyl adjacent to an activating group) is 1. The van der Waals surface area contributed by atoms with Gasteiger partial charge in [0, 0.05) is 57.9 Å². The van der Waals surface area contributed by atoms with Crippen molar-refractivity contribution in [3.63, 3.8) is 0 Å². The Morgan fingerprint density at radius 3 is 2.53 bits per heavy atom. The molecule has 2 rings (SSSR count). The summed E-state index contributed by atoms with van der Waals surface area (Å²) in [5, 5.41) is 9.79. The van der Waals surface area contributed by atoms with Crippen molar-refractivity contribution in [1.29, 1.82) is 0 Å². The average Bonchev–Trinajstić information content (AvgIpc) is 2.76. The summed E-state index contributed by atoms with van der Waals surface area (Å²) >= 11 is 0. The molecule has 1 amide bonds. The first-order chi connectivity index (χ1) is 14.9. The molecule has 1 aliphatic rings. The SMILES string of the molecule is CN=C(NCc1cccc(C(=O)NCCN(C)C)c1)NCC(C(C)C)N1CCOCC1.I. The van der Waals surface area contributed by atoms with E-state index in [1.54, 1.807) is 7.05 Å². The molecule has 3 N–H and O–H groups in total. The van der Waals surface area contributed by atoms with E-state index in [0.717, 1.165) is 50.9 Å². The van der Waals surface area contributed by atoms with Gasteiger partial charge in [-0.1, -0.05) is 26.0 Å². The predicted molar refractivity (Wildman–Crippen MR) is 142 cm³/mol. The first-order valence-corrected chi connectivity index (χ1v) is 11.2. The average molecular weight is 561 g/mol. The highest BCUT2D eigenvalue weighted by Crippen LogP contribution is 2.12. The molecule has 1 atom stereocenters. The first-order valence-electron chi connectivity index (χ1n) is 11.2. The monoisotopic (exact) mass is 560 g/mol. The van der Waals surface area contributed by atoms with Crippen LogP contribution in [0.2, 0.25) is 0 Å². The number of morpholine rings is 1. The molecule has 9 heteroatoms. The van der Waals surface area contributed by atoms with Gasteiger partial charge in [-0.2, -0.15) is 0 Å². The number of benzene rings is 1. The number of hydrogen-bond acceptors (Lipinski definition) is 5. The number of rotatable bonds is 10. The Bertz CT molecular complexity index is 707. The second-order valence-corrected chi connectivity index (χ2v) is 8.53. The Balaban J connectivity index is 0.00000512. The lowest BCUT2D eigenvalue weighted by molar-refractivity contribution is 0.00752. The minimum absolute atomic E-state index is 0. The van der Waals surface area contributed by atoms with Crippen LogP contribution in [0.4, 0.5) is 0 Å². The molecule has 8 nitrogen and oxygen atoms in total. The molecule has 0 aromatic heterocycles. The van der Waals surface area contributed by atoms with Gasteiger partial charge in [-0.05, 0) is 37.7 Å². The lowest BCUT2D eigenvalue weighted by atomic mass is 10.0. The number of hydrogen-bond donors (Lipinski definition) is 3. The van der Waals surface area contributed by atoms with Gasteiger partial charge in [0.15, 0.2) is 5.96 Å². The molecule has 0 bridgehead atoms. The minimum atomic E-state index is -0.0449. The summed E-state index contributed by atoms with van der Waals surface area (Å²) in [4.78, 5) is 21.3. The van der Waals surface area contributed by atoms with Crippen molar-refractivity contribution < 1.29 is 9.53 Å². The summed E-state index contributed by atoms with van der Waals surface area (Å²) < 4.78 is 5.49. The summed E-state index contributed by atoms with van der Waals surface area (Å²) in [5.74, 6) is 1.25. The Morgan fingerprint density at radius 2 is 1.91 bits per heavy atom. The first kappa shape index (κ1) is 28.6. The van der Waals surface area contributed by atoms with Crippen molar-refractivity contribution >= 4 is 35.8 Å². The smallest absolute Gasteiger partial charge is 0.251 e. The molecule has 1 fully saturated rings. The molecule has 1 heterocycles. The van der Waals surface area contributed by atoms with Crippen LogP contribution in [0.25, 0.3) is 0 Å². The van der Waals surface area contributed by atoms with Gasteiger partial charge >= 0.3 is 0 Å². The molecule has 32 heavy (non-hydrogen) atoms. The van der Waals surface area contributed by atoms with Gasteiger partial charge < -0.3 is 25.6 Å². The second kappa shape index (κ2) is 15.4. The van der Waals surface area contributed by atoms with Crippen LogP contribution < -0.4 is 16.0 Å². The Morgan fingerprint density at radius 1 is 1.19 bits per heavy atom. The van der Waals surface area contributed by atoms with Gasteiger partial charge in [0.25, 0.3) is 5.91 Å². The van der Waals surface area contributed by atoms with Gasteiger partial charge in [-0.15, -0.1) is 24.0 Å². The normalized spacial score (nSPS) is 15.9. The molecule has 0 aliphatic carbocycles. The second-order valence-electron chi connectivity index (χ2n) is 8.53. The summed E-state index contributed by atoms with van der Waals surface area (Å²) in [6, 6.07) is 8.13. The maximum absolute atomic E-state index is 12.4. The number of amides is 1. The quantitative estimate of drug-likeness (QED) is 0.229. The van der Waals surface area contributed by atoms with Crippen molar-refractivity contribution in [2.75, 3.05) is 67.1 Å². The lowest BCUT2D eigenvalue weighted by Crippen LogP contribution is -2.52. The van der Waals surface area contributed by atoms with Gasteiger partial charge in [-0.3, -0.25) is 14.7 Å². The van der Waals surface area contributed by atoms with E-state index in [0.29, 0.717) is 30.6 Å². The highest BCUT2D eigenvalue weighted by Gasteiger charge is 2.23. The predicted octanol–water partition coefficient (Wildman–Crippen LogP) is 1.62. The molecule has 1 unspecified atom stereocenters. The molecule has 0 radical (unpaired) electrons. The molecule has 0 saturated carbocycles. The molecule has 1 aliphatic heterocycles. The fourth-order valence-corrected chi connectivity index (χ4v) is 3.62. The molecule has 1 saturated heterocycles. The van der Waals surface area contributed by atoms with Crippen molar-refractivity contribution in [2.24, 2.45) is 10.9 Å². The van der Waals surface area contributed by atoms with Crippen LogP contribution in [0, 0.1) is 5.92 Å². The zero-order chi connectivity index (χ0) is 22.6. The number of guanidine groups is 1. The molecular formula is C23H41IN6O2. The van der Waals surface area contributed by atoms with Crippen LogP contribution in [0.3, 0.4) is 0 Å². The van der Waals surface area contributed by atoms with Crippen molar-refractivity contribution in [3.05, 3.63) is 35.4 Å². The van der Waals surface area contributed by atoms with Crippen LogP contribution >= 0.6 is 24.0 Å². The van der Waals surface area contributed by atoms with Crippen molar-refractivity contribution in [1.82, 2.24) is 25.8 Å². The fourth-order valence-electron chi connectivity index (χ4n) is 3.62. The van der Waals surface area contributed by atoms with Gasteiger partial charge in [0.2, 0.25) is 0 Å². The Kier molecular flexibility index (Phi) is 13.8. The summed E-state index contributed by atoms with van der Waals surface area (Å²) in [6.07, 6.45) is 0. The molecule has 182 valence electrons. The van der Waals surface area contributed by atoms with E-state index in [9.17, 15) is 4.79 Å². The number of carbonyl (C=O) groups excluding carboxylic acids is 1. The summed E-state index contributed by atoms with van der Waals surface area (Å²) in [5.41, 5.74) is 1.71. The Labute approximate surface area is 210 Å². The van der Waals surface area contributed by atoms with Crippen LogP contribution in [-0.2, 0) is 11.3 Å². The van der Waals surface area contributed by atoms with Crippen LogP contribution in [0.1, 0.15) is 29.8 Å². The number of nitrogens with one attached hydrogen (secondary N) is 3. The van der Waals surface area contributed by atoms with Crippen molar-refractivity contribution in [2.45, 2.75) is 26.4 Å². The number of aliphatic imine (C=N–C) groups is 1. The highest BCUT2D eigenvalue weighted by atomic mass is 127. The molecule has 1 aromatic carbocycles. The number of ether oxygens (including phenoxy) is 1. The van der Waals surface area contributed by atoms with Gasteiger partial charge in [0.05, 0.1) is 13.2 Å². The zero-order valence-corrected chi connectivity index (χ0v) is 22.5. The van der Waals surface area contributed by atoms with Crippen LogP contribution in [0.5, 0.6) is 0 Å². The van der Waals surface area contributed by atoms with Crippen molar-refractivity contribution in [3.8, 4) is 0 Å². The topological polar surface area (TPSA) is 81.2 Å². The zero-order valence-electron chi connectivity index (χ0n) is 20.2. The molecule has 1 aromatic rings. The van der Waals surface area contributed by atoms with Crippen LogP contribution in [0.15, 0.2) is 29.3 Å². The summed E-state index contributed by atoms with van der Waals surface area (Å²) in [6.45, 7) is 10.9. The van der Waals surface area contributed by atoms with Gasteiger partial charge in [-0.25, -0.2) is 0 Å². The highest BCUT2D eigenvalue weighted by molar-refractivity contribution is 14.0. The van der Waals surface area contributed by atoms with Gasteiger partial charge in [0.1, 0.15) is 0 Å². The number of halogens is 1. The van der Waals surface area contributed by atoms with E-state index in [4.69, 9.17) is 4.74 Å². The van der Waals surface area contributed by atoms with Crippen LogP contribution in [-0.4, -0.2) is 94.8 Å². The molecular weight excluding hydrogens is 519 g/mol. The van der Waals surface area contributed by atoms with E-state index in [1.807, 2.05) is 43.3 Å². The van der Waals surface area contributed by atoms with E-state index >= 15 is 0 Å². The number of carbonyl (C=O) groups is 1. The van der Waals surface area contributed by atoms with E-state index in [1.165, 1.54) is 0 Å². The van der Waals surface area contributed by atoms with E-state index in [2.05, 4.69) is 39.7 Å². The third-order valence-corrected chi connectivity index (χ3v) is 5.48. The minimum Gasteiger partial charge on any atom is -0.379 e. The summed E-state index contributed by atoms with van der Waals surface area (Å²) in [7, 11) is 5.76. The lowest BCUT2D eigenvalue weighted by Gasteiger charge is -2.37. The standard InChI is InChI=1S/C23H40N6O2.HI/c1-18(2)21(29-11-13-31-14-12-29)17-27-23(24-3)26-16-19-7-6-8-20(15-19)22(30)25-9-10-28(4)5;/h6-8,15,18,21H,9-14,16-17H2,1-5H3,(H,25,30)(H2,24,26,27);1H. The largest absolute Gasteiger partial charge is 0.379 e. The third-order valence-electron chi connectivity index (χ3n) is 5.48. The maximum Gasteiger partial charge on any atom is 0.251 e. The Hall–Kier alpha value is -1.43. The third kappa shape index (κ3) is 10.0. The maximum atomic E-state index is 12.4. The molecule has 0 spiro atoms. The van der Waals surface area contributed by atoms with E-state index < -0.39 is 0 Å². The fraction of sp³-hybridized carbons (Fsp3) is 0.652.